The number of nitrogens with two attached hydrogens (primary N) is 1. The monoisotopic (exact) mass is 456 g/mol. The van der Waals surface area contributed by atoms with E-state index in [1.54, 1.807) is 6.20 Å². The zero-order valence-corrected chi connectivity index (χ0v) is 18.9. The van der Waals surface area contributed by atoms with Gasteiger partial charge in [-0.05, 0) is 35.7 Å². The average Bonchev–Trinajstić information content (AvgIpc) is 3.36. The second kappa shape index (κ2) is 10.0. The lowest BCUT2D eigenvalue weighted by Crippen LogP contribution is -2.53. The molecular weight excluding hydrogens is 428 g/mol. The average molecular weight is 457 g/mol. The Labute approximate surface area is 198 Å². The molecule has 1 fully saturated rings. The number of hydrogen-bond acceptors (Lipinski definition) is 6. The summed E-state index contributed by atoms with van der Waals surface area (Å²) in [5.74, 6) is 1.17. The first kappa shape index (κ1) is 22.1. The maximum atomic E-state index is 12.9. The van der Waals surface area contributed by atoms with Crippen LogP contribution < -0.4 is 10.5 Å². The summed E-state index contributed by atoms with van der Waals surface area (Å²) in [7, 11) is 0. The lowest BCUT2D eigenvalue weighted by Gasteiger charge is -2.36. The Morgan fingerprint density at radius 3 is 2.50 bits per heavy atom. The molecule has 34 heavy (non-hydrogen) atoms. The number of aromatic nitrogens is 3. The molecular formula is C26H28N6O2. The molecule has 8 nitrogen and oxygen atoms in total. The van der Waals surface area contributed by atoms with Crippen LogP contribution in [0, 0.1) is 0 Å². The van der Waals surface area contributed by atoms with Crippen molar-refractivity contribution in [3.63, 3.8) is 0 Å². The van der Waals surface area contributed by atoms with E-state index in [9.17, 15) is 4.79 Å². The van der Waals surface area contributed by atoms with Crippen LogP contribution in [0.25, 0.3) is 11.0 Å². The van der Waals surface area contributed by atoms with Crippen LogP contribution in [0.1, 0.15) is 11.1 Å². The molecule has 5 rings (SSSR count). The highest BCUT2D eigenvalue weighted by Gasteiger charge is 2.25. The normalized spacial score (nSPS) is 15.4. The van der Waals surface area contributed by atoms with Crippen molar-refractivity contribution in [3.05, 3.63) is 84.3 Å². The zero-order valence-electron chi connectivity index (χ0n) is 18.9. The molecule has 8 heteroatoms. The van der Waals surface area contributed by atoms with Crippen molar-refractivity contribution < 1.29 is 9.53 Å². The number of amides is 1. The van der Waals surface area contributed by atoms with E-state index in [0.29, 0.717) is 31.1 Å². The third-order valence-corrected chi connectivity index (χ3v) is 6.16. The van der Waals surface area contributed by atoms with Crippen molar-refractivity contribution in [1.82, 2.24) is 24.8 Å². The van der Waals surface area contributed by atoms with Gasteiger partial charge in [0.25, 0.3) is 0 Å². The Kier molecular flexibility index (Phi) is 6.51. The Morgan fingerprint density at radius 1 is 0.971 bits per heavy atom. The molecule has 1 aliphatic rings. The van der Waals surface area contributed by atoms with E-state index >= 15 is 0 Å². The van der Waals surface area contributed by atoms with Crippen molar-refractivity contribution in [2.45, 2.75) is 19.0 Å². The minimum Gasteiger partial charge on any atom is -0.438 e. The molecule has 2 aromatic heterocycles. The number of aromatic amines is 1. The van der Waals surface area contributed by atoms with Crippen LogP contribution in [-0.4, -0.2) is 62.9 Å². The third kappa shape index (κ3) is 5.08. The van der Waals surface area contributed by atoms with Gasteiger partial charge in [0.15, 0.2) is 0 Å². The Bertz CT molecular complexity index is 1230. The predicted octanol–water partition coefficient (Wildman–Crippen LogP) is 2.96. The van der Waals surface area contributed by atoms with E-state index in [2.05, 4.69) is 44.1 Å². The fourth-order valence-corrected chi connectivity index (χ4v) is 4.28. The Balaban J connectivity index is 1.13. The van der Waals surface area contributed by atoms with E-state index in [0.717, 1.165) is 36.2 Å². The first-order valence-electron chi connectivity index (χ1n) is 11.5. The van der Waals surface area contributed by atoms with Crippen LogP contribution in [-0.2, 0) is 17.8 Å². The van der Waals surface area contributed by atoms with Gasteiger partial charge in [-0.2, -0.15) is 0 Å². The van der Waals surface area contributed by atoms with Gasteiger partial charge >= 0.3 is 0 Å². The van der Waals surface area contributed by atoms with Crippen molar-refractivity contribution in [2.75, 3.05) is 26.2 Å². The second-order valence-electron chi connectivity index (χ2n) is 8.56. The first-order chi connectivity index (χ1) is 16.7. The van der Waals surface area contributed by atoms with Crippen molar-refractivity contribution in [2.24, 2.45) is 5.73 Å². The highest BCUT2D eigenvalue weighted by molar-refractivity contribution is 5.82. The van der Waals surface area contributed by atoms with Crippen molar-refractivity contribution >= 4 is 16.9 Å². The number of hydrogen-bond donors (Lipinski definition) is 2. The van der Waals surface area contributed by atoms with Crippen molar-refractivity contribution in [3.8, 4) is 11.6 Å². The van der Waals surface area contributed by atoms with E-state index in [1.165, 1.54) is 11.9 Å². The van der Waals surface area contributed by atoms with E-state index in [4.69, 9.17) is 10.5 Å². The van der Waals surface area contributed by atoms with Gasteiger partial charge in [0.2, 0.25) is 11.8 Å². The topological polar surface area (TPSA) is 100 Å². The first-order valence-corrected chi connectivity index (χ1v) is 11.5. The number of benzene rings is 2. The number of nitrogens with one attached hydrogen (secondary N) is 1. The summed E-state index contributed by atoms with van der Waals surface area (Å²) < 4.78 is 5.92. The quantitative estimate of drug-likeness (QED) is 0.444. The van der Waals surface area contributed by atoms with E-state index in [1.807, 2.05) is 41.3 Å². The molecule has 1 aliphatic heterocycles. The van der Waals surface area contributed by atoms with Gasteiger partial charge in [-0.1, -0.05) is 42.5 Å². The fourth-order valence-electron chi connectivity index (χ4n) is 4.28. The van der Waals surface area contributed by atoms with Gasteiger partial charge in [-0.25, -0.2) is 9.97 Å². The Morgan fingerprint density at radius 2 is 1.74 bits per heavy atom. The third-order valence-electron chi connectivity index (χ3n) is 6.16. The number of rotatable bonds is 7. The van der Waals surface area contributed by atoms with Gasteiger partial charge in [-0.3, -0.25) is 9.69 Å². The molecule has 3 N–H and O–H groups in total. The molecule has 2 aromatic carbocycles. The van der Waals surface area contributed by atoms with Crippen LogP contribution in [0.5, 0.6) is 11.6 Å². The molecule has 1 saturated heterocycles. The predicted molar refractivity (Wildman–Crippen MR) is 130 cm³/mol. The molecule has 174 valence electrons. The van der Waals surface area contributed by atoms with Gasteiger partial charge in [0.1, 0.15) is 17.7 Å². The van der Waals surface area contributed by atoms with Gasteiger partial charge in [0.05, 0.1) is 11.4 Å². The molecule has 1 atom stereocenters. The van der Waals surface area contributed by atoms with Crippen LogP contribution in [0.15, 0.2) is 73.2 Å². The fraction of sp³-hybridized carbons (Fsp3) is 0.269. The van der Waals surface area contributed by atoms with Crippen LogP contribution in [0.3, 0.4) is 0 Å². The number of H-pyrrole nitrogens is 1. The molecule has 4 aromatic rings. The molecule has 3 heterocycles. The second-order valence-corrected chi connectivity index (χ2v) is 8.56. The number of ether oxygens (including phenoxy) is 1. The van der Waals surface area contributed by atoms with Gasteiger partial charge in [-0.15, -0.1) is 0 Å². The maximum Gasteiger partial charge on any atom is 0.239 e. The van der Waals surface area contributed by atoms with Gasteiger partial charge < -0.3 is 20.4 Å². The lowest BCUT2D eigenvalue weighted by atomic mass is 10.0. The molecule has 0 unspecified atom stereocenters. The summed E-state index contributed by atoms with van der Waals surface area (Å²) in [6.07, 6.45) is 3.75. The molecule has 0 saturated carbocycles. The summed E-state index contributed by atoms with van der Waals surface area (Å²) in [4.78, 5) is 28.6. The van der Waals surface area contributed by atoms with E-state index in [-0.39, 0.29) is 5.91 Å². The number of carbonyl (C=O) groups is 1. The van der Waals surface area contributed by atoms with Crippen LogP contribution in [0.4, 0.5) is 0 Å². The van der Waals surface area contributed by atoms with Gasteiger partial charge in [0, 0.05) is 38.9 Å². The van der Waals surface area contributed by atoms with E-state index < -0.39 is 6.04 Å². The smallest absolute Gasteiger partial charge is 0.239 e. The Hall–Kier alpha value is -3.75. The number of fused-ring (bicyclic) bond motifs is 1. The minimum atomic E-state index is -0.561. The number of piperazine rings is 1. The summed E-state index contributed by atoms with van der Waals surface area (Å²) in [5.41, 5.74) is 9.31. The summed E-state index contributed by atoms with van der Waals surface area (Å²) >= 11 is 0. The highest BCUT2D eigenvalue weighted by Crippen LogP contribution is 2.26. The minimum absolute atomic E-state index is 0.00974. The van der Waals surface area contributed by atoms with Crippen molar-refractivity contribution in [1.29, 1.82) is 0 Å². The lowest BCUT2D eigenvalue weighted by molar-refractivity contribution is -0.134. The number of carbonyl (C=O) groups excluding carboxylic acids is 1. The largest absolute Gasteiger partial charge is 0.438 e. The van der Waals surface area contributed by atoms with Crippen LogP contribution >= 0.6 is 0 Å². The summed E-state index contributed by atoms with van der Waals surface area (Å²) in [6.45, 7) is 4.04. The zero-order chi connectivity index (χ0) is 23.3. The summed E-state index contributed by atoms with van der Waals surface area (Å²) in [5, 5.41) is 0.822. The standard InChI is InChI=1S/C26H28N6O2/c27-23(26(33)32-14-12-31(13-15-32)17-20-4-2-1-3-5-20)16-19-6-8-21(9-7-19)34-25-22-10-11-28-24(22)29-18-30-25/h1-11,18,23H,12-17,27H2,(H,28,29,30)/t23-/m0/s1. The maximum absolute atomic E-state index is 12.9. The molecule has 0 bridgehead atoms. The SMILES string of the molecule is N[C@@H](Cc1ccc(Oc2ncnc3[nH]ccc23)cc1)C(=O)N1CCN(Cc2ccccc2)CC1. The molecule has 0 aliphatic carbocycles. The molecule has 0 spiro atoms. The molecule has 1 amide bonds. The number of nitrogens with zero attached hydrogens (tertiary/aromatic N) is 4. The highest BCUT2D eigenvalue weighted by atomic mass is 16.5. The summed E-state index contributed by atoms with van der Waals surface area (Å²) in [6, 6.07) is 19.4. The molecule has 0 radical (unpaired) electrons. The van der Waals surface area contributed by atoms with Crippen LogP contribution in [0.2, 0.25) is 0 Å².